The molecular formula is C22H20FN5O3. The van der Waals surface area contributed by atoms with Crippen molar-refractivity contribution in [3.63, 3.8) is 0 Å². The fraction of sp³-hybridized carbons (Fsp3) is 0.182. The number of rotatable bonds is 6. The average molecular weight is 421 g/mol. The Morgan fingerprint density at radius 1 is 1.13 bits per heavy atom. The van der Waals surface area contributed by atoms with Crippen LogP contribution in [0.5, 0.6) is 5.75 Å². The number of halogens is 1. The van der Waals surface area contributed by atoms with Crippen molar-refractivity contribution in [1.29, 1.82) is 0 Å². The van der Waals surface area contributed by atoms with Crippen LogP contribution in [0.25, 0.3) is 22.6 Å². The highest BCUT2D eigenvalue weighted by molar-refractivity contribution is 6.00. The number of amides is 1. The van der Waals surface area contributed by atoms with Crippen molar-refractivity contribution in [2.45, 2.75) is 13.0 Å². The minimum absolute atomic E-state index is 0.238. The van der Waals surface area contributed by atoms with Crippen LogP contribution in [0.15, 0.2) is 59.3 Å². The molecule has 0 bridgehead atoms. The molecule has 8 nitrogen and oxygen atoms in total. The number of nitrogens with one attached hydrogen (secondary N) is 1. The molecule has 1 N–H and O–H groups in total. The van der Waals surface area contributed by atoms with Crippen LogP contribution in [-0.2, 0) is 7.05 Å². The molecule has 2 heterocycles. The lowest BCUT2D eigenvalue weighted by atomic mass is 10.1. The summed E-state index contributed by atoms with van der Waals surface area (Å²) in [5, 5.41) is 11.2. The summed E-state index contributed by atoms with van der Waals surface area (Å²) in [4.78, 5) is 17.3. The van der Waals surface area contributed by atoms with Crippen LogP contribution < -0.4 is 10.1 Å². The van der Waals surface area contributed by atoms with E-state index in [0.717, 1.165) is 5.56 Å². The van der Waals surface area contributed by atoms with Crippen LogP contribution in [0.3, 0.4) is 0 Å². The normalized spacial score (nSPS) is 11.9. The Kier molecular flexibility index (Phi) is 5.48. The topological polar surface area (TPSA) is 95.1 Å². The third-order valence-corrected chi connectivity index (χ3v) is 4.70. The summed E-state index contributed by atoms with van der Waals surface area (Å²) >= 11 is 0. The van der Waals surface area contributed by atoms with Crippen molar-refractivity contribution in [2.75, 3.05) is 7.11 Å². The van der Waals surface area contributed by atoms with E-state index in [1.165, 1.54) is 12.1 Å². The molecule has 0 saturated heterocycles. The molecule has 1 unspecified atom stereocenters. The van der Waals surface area contributed by atoms with Gasteiger partial charge in [-0.1, -0.05) is 5.16 Å². The Morgan fingerprint density at radius 2 is 1.81 bits per heavy atom. The molecule has 2 aromatic carbocycles. The maximum absolute atomic E-state index is 13.1. The van der Waals surface area contributed by atoms with Gasteiger partial charge in [-0.05, 0) is 55.5 Å². The Hall–Kier alpha value is -4.01. The van der Waals surface area contributed by atoms with Crippen molar-refractivity contribution in [3.05, 3.63) is 72.0 Å². The van der Waals surface area contributed by atoms with Gasteiger partial charge in [-0.2, -0.15) is 10.1 Å². The number of aryl methyl sites for hydroxylation is 1. The molecule has 1 atom stereocenters. The van der Waals surface area contributed by atoms with Crippen LogP contribution in [0, 0.1) is 5.82 Å². The zero-order valence-corrected chi connectivity index (χ0v) is 17.2. The first-order chi connectivity index (χ1) is 14.9. The summed E-state index contributed by atoms with van der Waals surface area (Å²) in [5.74, 6) is 0.594. The number of benzene rings is 2. The summed E-state index contributed by atoms with van der Waals surface area (Å²) in [6.07, 6.45) is 1.65. The molecule has 0 aliphatic heterocycles. The van der Waals surface area contributed by atoms with Gasteiger partial charge in [0.15, 0.2) is 0 Å². The Morgan fingerprint density at radius 3 is 2.48 bits per heavy atom. The smallest absolute Gasteiger partial charge is 0.255 e. The zero-order chi connectivity index (χ0) is 22.0. The van der Waals surface area contributed by atoms with Crippen molar-refractivity contribution in [1.82, 2.24) is 25.2 Å². The van der Waals surface area contributed by atoms with Crippen molar-refractivity contribution in [2.24, 2.45) is 7.05 Å². The second-order valence-electron chi connectivity index (χ2n) is 6.95. The molecule has 9 heteroatoms. The lowest BCUT2D eigenvalue weighted by Crippen LogP contribution is -2.27. The Balaban J connectivity index is 1.53. The second-order valence-corrected chi connectivity index (χ2v) is 6.95. The minimum Gasteiger partial charge on any atom is -0.497 e. The number of aromatic nitrogens is 4. The van der Waals surface area contributed by atoms with Gasteiger partial charge in [0, 0.05) is 24.4 Å². The van der Waals surface area contributed by atoms with E-state index in [9.17, 15) is 9.18 Å². The number of hydrogen-bond acceptors (Lipinski definition) is 6. The van der Waals surface area contributed by atoms with Gasteiger partial charge in [0.2, 0.25) is 11.7 Å². The van der Waals surface area contributed by atoms with Crippen molar-refractivity contribution in [3.8, 4) is 28.4 Å². The average Bonchev–Trinajstić information content (AvgIpc) is 3.42. The van der Waals surface area contributed by atoms with Gasteiger partial charge in [-0.15, -0.1) is 0 Å². The predicted octanol–water partition coefficient (Wildman–Crippen LogP) is 3.78. The highest BCUT2D eigenvalue weighted by Gasteiger charge is 2.22. The Bertz CT molecular complexity index is 1200. The van der Waals surface area contributed by atoms with Crippen LogP contribution in [0.4, 0.5) is 4.39 Å². The fourth-order valence-corrected chi connectivity index (χ4v) is 3.08. The Labute approximate surface area is 177 Å². The maximum Gasteiger partial charge on any atom is 0.255 e. The molecular weight excluding hydrogens is 401 g/mol. The van der Waals surface area contributed by atoms with E-state index in [-0.39, 0.29) is 17.6 Å². The van der Waals surface area contributed by atoms with Crippen LogP contribution in [-0.4, -0.2) is 32.9 Å². The molecule has 0 aliphatic carbocycles. The summed E-state index contributed by atoms with van der Waals surface area (Å²) in [6, 6.07) is 12.5. The molecule has 0 radical (unpaired) electrons. The second kappa shape index (κ2) is 8.39. The monoisotopic (exact) mass is 421 g/mol. The number of hydrogen-bond donors (Lipinski definition) is 1. The first-order valence-corrected chi connectivity index (χ1v) is 9.53. The molecule has 4 aromatic rings. The molecule has 4 rings (SSSR count). The molecule has 2 aromatic heterocycles. The van der Waals surface area contributed by atoms with Crippen LogP contribution >= 0.6 is 0 Å². The summed E-state index contributed by atoms with van der Waals surface area (Å²) < 4.78 is 25.2. The van der Waals surface area contributed by atoms with Gasteiger partial charge in [0.05, 0.1) is 12.7 Å². The third kappa shape index (κ3) is 4.30. The van der Waals surface area contributed by atoms with Gasteiger partial charge >= 0.3 is 0 Å². The minimum atomic E-state index is -0.543. The van der Waals surface area contributed by atoms with Gasteiger partial charge in [-0.3, -0.25) is 9.48 Å². The van der Waals surface area contributed by atoms with E-state index in [1.54, 1.807) is 44.1 Å². The maximum atomic E-state index is 13.1. The lowest BCUT2D eigenvalue weighted by molar-refractivity contribution is 0.0933. The SMILES string of the molecule is COc1ccc(-c2nn(C)cc2C(=O)NC(C)c2nc(-c3ccc(F)cc3)no2)cc1. The first kappa shape index (κ1) is 20.3. The number of nitrogens with zero attached hydrogens (tertiary/aromatic N) is 4. The van der Waals surface area contributed by atoms with Gasteiger partial charge in [0.1, 0.15) is 23.3 Å². The highest BCUT2D eigenvalue weighted by Crippen LogP contribution is 2.25. The quantitative estimate of drug-likeness (QED) is 0.509. The van der Waals surface area contributed by atoms with E-state index < -0.39 is 6.04 Å². The number of carbonyl (C=O) groups is 1. The van der Waals surface area contributed by atoms with Gasteiger partial charge < -0.3 is 14.6 Å². The molecule has 1 amide bonds. The van der Waals surface area contributed by atoms with Crippen LogP contribution in [0.1, 0.15) is 29.2 Å². The largest absolute Gasteiger partial charge is 0.497 e. The summed E-state index contributed by atoms with van der Waals surface area (Å²) in [7, 11) is 3.34. The molecule has 158 valence electrons. The lowest BCUT2D eigenvalue weighted by Gasteiger charge is -2.10. The highest BCUT2D eigenvalue weighted by atomic mass is 19.1. The van der Waals surface area contributed by atoms with E-state index in [2.05, 4.69) is 20.6 Å². The van der Waals surface area contributed by atoms with Gasteiger partial charge in [0.25, 0.3) is 5.91 Å². The number of carbonyl (C=O) groups excluding carboxylic acids is 1. The molecule has 0 saturated carbocycles. The molecule has 0 fully saturated rings. The third-order valence-electron chi connectivity index (χ3n) is 4.70. The van der Waals surface area contributed by atoms with Crippen molar-refractivity contribution >= 4 is 5.91 Å². The number of methoxy groups -OCH3 is 1. The summed E-state index contributed by atoms with van der Waals surface area (Å²) in [5.41, 5.74) is 2.37. The fourth-order valence-electron chi connectivity index (χ4n) is 3.08. The van der Waals surface area contributed by atoms with E-state index in [4.69, 9.17) is 9.26 Å². The molecule has 0 aliphatic rings. The number of ether oxygens (including phenoxy) is 1. The molecule has 0 spiro atoms. The van der Waals surface area contributed by atoms with Crippen LogP contribution in [0.2, 0.25) is 0 Å². The predicted molar refractivity (Wildman–Crippen MR) is 111 cm³/mol. The summed E-state index contributed by atoms with van der Waals surface area (Å²) in [6.45, 7) is 1.74. The van der Waals surface area contributed by atoms with E-state index in [0.29, 0.717) is 28.4 Å². The zero-order valence-electron chi connectivity index (χ0n) is 17.2. The molecule has 31 heavy (non-hydrogen) atoms. The standard InChI is InChI=1S/C22H20FN5O3/c1-13(22-25-20(27-31-22)15-4-8-16(23)9-5-15)24-21(29)18-12-28(2)26-19(18)14-6-10-17(30-3)11-7-14/h4-13H,1-3H3,(H,24,29). The van der Waals surface area contributed by atoms with E-state index in [1.807, 2.05) is 24.3 Å². The first-order valence-electron chi connectivity index (χ1n) is 9.53. The van der Waals surface area contributed by atoms with Crippen molar-refractivity contribution < 1.29 is 18.4 Å². The van der Waals surface area contributed by atoms with E-state index >= 15 is 0 Å². The van der Waals surface area contributed by atoms with Gasteiger partial charge in [-0.25, -0.2) is 4.39 Å².